The molecular weight excluding hydrogens is 402 g/mol. The predicted molar refractivity (Wildman–Crippen MR) is 118 cm³/mol. The molecule has 1 fully saturated rings. The van der Waals surface area contributed by atoms with Crippen molar-refractivity contribution in [1.29, 1.82) is 0 Å². The van der Waals surface area contributed by atoms with Gasteiger partial charge in [0.15, 0.2) is 11.5 Å². The van der Waals surface area contributed by atoms with Crippen molar-refractivity contribution in [2.75, 3.05) is 44.1 Å². The summed E-state index contributed by atoms with van der Waals surface area (Å²) in [5.74, 6) is 1.33. The van der Waals surface area contributed by atoms with E-state index in [9.17, 15) is 4.21 Å². The molecule has 3 heterocycles. The van der Waals surface area contributed by atoms with E-state index in [4.69, 9.17) is 4.74 Å². The molecule has 2 aromatic heterocycles. The summed E-state index contributed by atoms with van der Waals surface area (Å²) in [6.45, 7) is 2.76. The monoisotopic (exact) mass is 429 g/mol. The molecule has 0 saturated carbocycles. The van der Waals surface area contributed by atoms with Gasteiger partial charge in [-0.05, 0) is 50.4 Å². The van der Waals surface area contributed by atoms with Gasteiger partial charge < -0.3 is 19.9 Å². The van der Waals surface area contributed by atoms with Gasteiger partial charge in [-0.1, -0.05) is 0 Å². The molecule has 1 aromatic carbocycles. The van der Waals surface area contributed by atoms with Crippen LogP contribution >= 0.6 is 0 Å². The van der Waals surface area contributed by atoms with Crippen molar-refractivity contribution in [1.82, 2.24) is 24.7 Å². The van der Waals surface area contributed by atoms with Crippen LogP contribution in [0.3, 0.4) is 0 Å². The first-order valence-corrected chi connectivity index (χ1v) is 11.2. The molecule has 0 spiro atoms. The van der Waals surface area contributed by atoms with E-state index in [-0.39, 0.29) is 0 Å². The van der Waals surface area contributed by atoms with Gasteiger partial charge in [0.05, 0.1) is 22.6 Å². The van der Waals surface area contributed by atoms with Crippen LogP contribution in [0.1, 0.15) is 19.3 Å². The number of ether oxygens (including phenoxy) is 1. The third-order valence-electron chi connectivity index (χ3n) is 5.53. The van der Waals surface area contributed by atoms with Crippen LogP contribution in [0.15, 0.2) is 35.7 Å². The molecule has 3 N–H and O–H groups in total. The second-order valence-electron chi connectivity index (χ2n) is 7.31. The molecule has 0 amide bonds. The second kappa shape index (κ2) is 9.50. The van der Waals surface area contributed by atoms with Gasteiger partial charge >= 0.3 is 0 Å². The number of aromatic amines is 1. The molecule has 3 aromatic rings. The van der Waals surface area contributed by atoms with Crippen LogP contribution in [-0.2, 0) is 15.7 Å². The Labute approximate surface area is 178 Å². The Morgan fingerprint density at radius 3 is 2.87 bits per heavy atom. The molecule has 1 aliphatic heterocycles. The van der Waals surface area contributed by atoms with Crippen LogP contribution < -0.4 is 14.9 Å². The van der Waals surface area contributed by atoms with E-state index in [1.807, 2.05) is 18.2 Å². The number of hydrogen-bond donors (Lipinski definition) is 3. The number of methoxy groups -OCH3 is 1. The number of rotatable bonds is 8. The van der Waals surface area contributed by atoms with Crippen LogP contribution in [0.5, 0.6) is 0 Å². The summed E-state index contributed by atoms with van der Waals surface area (Å²) >= 11 is 0. The Balaban J connectivity index is 1.62. The normalized spacial score (nSPS) is 16.1. The maximum atomic E-state index is 12.3. The lowest BCUT2D eigenvalue weighted by Crippen LogP contribution is -2.34. The number of piperidine rings is 1. The maximum Gasteiger partial charge on any atom is 0.182 e. The molecule has 0 bridgehead atoms. The Morgan fingerprint density at radius 2 is 2.10 bits per heavy atom. The topological polar surface area (TPSA) is 108 Å². The minimum absolute atomic E-state index is 0.600. The quantitative estimate of drug-likeness (QED) is 0.505. The van der Waals surface area contributed by atoms with Gasteiger partial charge in [-0.3, -0.25) is 0 Å². The first-order chi connectivity index (χ1) is 14.7. The number of fused-ring (bicyclic) bond motifs is 1. The molecule has 30 heavy (non-hydrogen) atoms. The van der Waals surface area contributed by atoms with E-state index in [0.29, 0.717) is 22.3 Å². The Hall–Kier alpha value is -2.56. The number of anilines is 3. The average Bonchev–Trinajstić information content (AvgIpc) is 3.27. The zero-order chi connectivity index (χ0) is 20.9. The molecule has 4 rings (SSSR count). The summed E-state index contributed by atoms with van der Waals surface area (Å²) in [6.07, 6.45) is 6.45. The molecule has 0 aliphatic carbocycles. The van der Waals surface area contributed by atoms with Crippen LogP contribution in [-0.4, -0.2) is 58.0 Å². The Bertz CT molecular complexity index is 1020. The lowest BCUT2D eigenvalue weighted by molar-refractivity contribution is 0.170. The number of nitrogens with one attached hydrogen (secondary N) is 3. The standard InChI is InChI=1S/C20H27N7O2S/c1-21-30(28)15-3-4-17(27-8-5-14(6-9-27)7-10-29-2)16(11-15)26-20-18-19(23-12-22-18)24-13-25-20/h3-4,11-14,21H,5-10H2,1-2H3,(H2,22,23,24,25,26). The summed E-state index contributed by atoms with van der Waals surface area (Å²) in [5, 5.41) is 3.42. The number of aromatic nitrogens is 4. The van der Waals surface area contributed by atoms with E-state index < -0.39 is 11.0 Å². The van der Waals surface area contributed by atoms with E-state index in [2.05, 4.69) is 34.9 Å². The summed E-state index contributed by atoms with van der Waals surface area (Å²) < 4.78 is 20.4. The van der Waals surface area contributed by atoms with Gasteiger partial charge in [0.2, 0.25) is 0 Å². The Kier molecular flexibility index (Phi) is 6.56. The minimum atomic E-state index is -1.28. The summed E-state index contributed by atoms with van der Waals surface area (Å²) in [4.78, 5) is 18.9. The smallest absolute Gasteiger partial charge is 0.182 e. The van der Waals surface area contributed by atoms with E-state index >= 15 is 0 Å². The molecule has 9 nitrogen and oxygen atoms in total. The fourth-order valence-electron chi connectivity index (χ4n) is 3.86. The highest BCUT2D eigenvalue weighted by atomic mass is 32.2. The molecule has 1 atom stereocenters. The van der Waals surface area contributed by atoms with Crippen molar-refractivity contribution in [3.8, 4) is 0 Å². The van der Waals surface area contributed by atoms with Crippen molar-refractivity contribution < 1.29 is 8.95 Å². The number of imidazole rings is 1. The highest BCUT2D eigenvalue weighted by molar-refractivity contribution is 7.83. The van der Waals surface area contributed by atoms with Crippen LogP contribution in [0.25, 0.3) is 11.2 Å². The molecule has 160 valence electrons. The van der Waals surface area contributed by atoms with E-state index in [1.54, 1.807) is 20.5 Å². The molecule has 10 heteroatoms. The first-order valence-electron chi connectivity index (χ1n) is 10.1. The van der Waals surface area contributed by atoms with Crippen molar-refractivity contribution >= 4 is 39.3 Å². The van der Waals surface area contributed by atoms with E-state index in [0.717, 1.165) is 55.9 Å². The number of hydrogen-bond acceptors (Lipinski definition) is 7. The SMILES string of the molecule is CNS(=O)c1ccc(N2CCC(CCOC)CC2)c(Nc2ncnc3nc[nH]c23)c1. The molecular formula is C20H27N7O2S. The highest BCUT2D eigenvalue weighted by Crippen LogP contribution is 2.34. The second-order valence-corrected chi connectivity index (χ2v) is 8.73. The largest absolute Gasteiger partial charge is 0.385 e. The van der Waals surface area contributed by atoms with Crippen LogP contribution in [0.4, 0.5) is 17.2 Å². The van der Waals surface area contributed by atoms with Gasteiger partial charge in [0.1, 0.15) is 22.8 Å². The molecule has 1 saturated heterocycles. The minimum Gasteiger partial charge on any atom is -0.385 e. The zero-order valence-electron chi connectivity index (χ0n) is 17.2. The van der Waals surface area contributed by atoms with Crippen molar-refractivity contribution in [2.24, 2.45) is 5.92 Å². The van der Waals surface area contributed by atoms with Gasteiger partial charge in [0, 0.05) is 26.8 Å². The fraction of sp³-hybridized carbons (Fsp3) is 0.450. The lowest BCUT2D eigenvalue weighted by atomic mass is 9.93. The number of H-pyrrole nitrogens is 1. The van der Waals surface area contributed by atoms with Crippen molar-refractivity contribution in [2.45, 2.75) is 24.2 Å². The van der Waals surface area contributed by atoms with E-state index in [1.165, 1.54) is 6.33 Å². The summed E-state index contributed by atoms with van der Waals surface area (Å²) in [5.41, 5.74) is 3.27. The van der Waals surface area contributed by atoms with Gasteiger partial charge in [-0.15, -0.1) is 0 Å². The molecule has 0 radical (unpaired) electrons. The summed E-state index contributed by atoms with van der Waals surface area (Å²) in [7, 11) is 2.16. The van der Waals surface area contributed by atoms with Crippen molar-refractivity contribution in [3.63, 3.8) is 0 Å². The third kappa shape index (κ3) is 4.45. The molecule has 1 unspecified atom stereocenters. The maximum absolute atomic E-state index is 12.3. The molecule has 1 aliphatic rings. The lowest BCUT2D eigenvalue weighted by Gasteiger charge is -2.35. The predicted octanol–water partition coefficient (Wildman–Crippen LogP) is 2.59. The fourth-order valence-corrected chi connectivity index (χ4v) is 4.51. The van der Waals surface area contributed by atoms with Crippen molar-refractivity contribution in [3.05, 3.63) is 30.9 Å². The number of nitrogens with zero attached hydrogens (tertiary/aromatic N) is 4. The third-order valence-corrected chi connectivity index (χ3v) is 6.58. The van der Waals surface area contributed by atoms with Crippen LogP contribution in [0, 0.1) is 5.92 Å². The van der Waals surface area contributed by atoms with Gasteiger partial charge in [0.25, 0.3) is 0 Å². The Morgan fingerprint density at radius 1 is 1.27 bits per heavy atom. The summed E-state index contributed by atoms with van der Waals surface area (Å²) in [6, 6.07) is 5.87. The first kappa shape index (κ1) is 20.7. The van der Waals surface area contributed by atoms with Crippen LogP contribution in [0.2, 0.25) is 0 Å². The van der Waals surface area contributed by atoms with Gasteiger partial charge in [-0.2, -0.15) is 0 Å². The zero-order valence-corrected chi connectivity index (χ0v) is 18.0. The highest BCUT2D eigenvalue weighted by Gasteiger charge is 2.22. The average molecular weight is 430 g/mol. The van der Waals surface area contributed by atoms with Gasteiger partial charge in [-0.25, -0.2) is 23.9 Å². The number of benzene rings is 1.